The molecule has 1 heterocycles. The van der Waals surface area contributed by atoms with Crippen LogP contribution >= 0.6 is 0 Å². The van der Waals surface area contributed by atoms with E-state index >= 15 is 0 Å². The fourth-order valence-corrected chi connectivity index (χ4v) is 2.04. The normalized spacial score (nSPS) is 12.4. The predicted octanol–water partition coefficient (Wildman–Crippen LogP) is 2.84. The summed E-state index contributed by atoms with van der Waals surface area (Å²) < 4.78 is 7.83. The second-order valence-corrected chi connectivity index (χ2v) is 4.64. The topological polar surface area (TPSA) is 47.3 Å². The van der Waals surface area contributed by atoms with Crippen LogP contribution in [0.4, 0.5) is 0 Å². The van der Waals surface area contributed by atoms with Crippen molar-refractivity contribution in [2.45, 2.75) is 40.0 Å². The highest BCUT2D eigenvalue weighted by molar-refractivity contribution is 5.38. The molecule has 0 fully saturated rings. The Labute approximate surface area is 113 Å². The summed E-state index contributed by atoms with van der Waals surface area (Å²) in [7, 11) is 0. The highest BCUT2D eigenvalue weighted by Crippen LogP contribution is 2.26. The zero-order valence-electron chi connectivity index (χ0n) is 11.6. The molecule has 0 amide bonds. The van der Waals surface area contributed by atoms with Gasteiger partial charge < -0.3 is 14.4 Å². The van der Waals surface area contributed by atoms with Crippen molar-refractivity contribution in [2.75, 3.05) is 0 Å². The molecule has 0 aliphatic rings. The Balaban J connectivity index is 2.15. The smallest absolute Gasteiger partial charge is 0.146 e. The molecular weight excluding hydrogens is 240 g/mol. The molecule has 2 rings (SSSR count). The van der Waals surface area contributed by atoms with Gasteiger partial charge in [-0.1, -0.05) is 11.6 Å². The maximum atomic E-state index is 9.79. The summed E-state index contributed by atoms with van der Waals surface area (Å²) in [6.45, 7) is 7.09. The van der Waals surface area contributed by atoms with Crippen molar-refractivity contribution in [1.82, 2.24) is 9.55 Å². The van der Waals surface area contributed by atoms with Gasteiger partial charge in [-0.25, -0.2) is 4.98 Å². The van der Waals surface area contributed by atoms with Crippen LogP contribution < -0.4 is 4.74 Å². The lowest BCUT2D eigenvalue weighted by atomic mass is 10.1. The standard InChI is InChI=1S/C15H20N2O2/c1-4-17-8-7-16-15(17)10-19-14-6-5-11(2)9-13(14)12(3)18/h5-9,12,18H,4,10H2,1-3H3/t12-/m1/s1. The number of hydrogen-bond donors (Lipinski definition) is 1. The van der Waals surface area contributed by atoms with Crippen molar-refractivity contribution in [2.24, 2.45) is 0 Å². The zero-order chi connectivity index (χ0) is 13.8. The van der Waals surface area contributed by atoms with E-state index in [4.69, 9.17) is 4.74 Å². The fraction of sp³-hybridized carbons (Fsp3) is 0.400. The van der Waals surface area contributed by atoms with Gasteiger partial charge in [-0.15, -0.1) is 0 Å². The van der Waals surface area contributed by atoms with Crippen LogP contribution in [0, 0.1) is 6.92 Å². The van der Waals surface area contributed by atoms with Gasteiger partial charge in [-0.3, -0.25) is 0 Å². The van der Waals surface area contributed by atoms with Crippen LogP contribution in [0.25, 0.3) is 0 Å². The van der Waals surface area contributed by atoms with E-state index in [1.54, 1.807) is 13.1 Å². The van der Waals surface area contributed by atoms with E-state index in [0.717, 1.165) is 23.5 Å². The zero-order valence-corrected chi connectivity index (χ0v) is 11.6. The molecule has 102 valence electrons. The minimum absolute atomic E-state index is 0.406. The third kappa shape index (κ3) is 3.15. The molecule has 1 aromatic heterocycles. The molecule has 0 bridgehead atoms. The third-order valence-corrected chi connectivity index (χ3v) is 3.11. The number of aryl methyl sites for hydroxylation is 2. The van der Waals surface area contributed by atoms with Crippen molar-refractivity contribution < 1.29 is 9.84 Å². The van der Waals surface area contributed by atoms with Crippen LogP contribution in [0.1, 0.15) is 36.9 Å². The van der Waals surface area contributed by atoms with Gasteiger partial charge in [0.2, 0.25) is 0 Å². The lowest BCUT2D eigenvalue weighted by Gasteiger charge is -2.14. The lowest BCUT2D eigenvalue weighted by molar-refractivity contribution is 0.189. The van der Waals surface area contributed by atoms with E-state index in [-0.39, 0.29) is 0 Å². The Bertz CT molecular complexity index is 547. The maximum Gasteiger partial charge on any atom is 0.146 e. The Morgan fingerprint density at radius 3 is 2.89 bits per heavy atom. The minimum atomic E-state index is -0.541. The van der Waals surface area contributed by atoms with Crippen LogP contribution in [0.5, 0.6) is 5.75 Å². The minimum Gasteiger partial charge on any atom is -0.485 e. The second-order valence-electron chi connectivity index (χ2n) is 4.64. The molecule has 0 unspecified atom stereocenters. The van der Waals surface area contributed by atoms with Gasteiger partial charge in [0, 0.05) is 24.5 Å². The summed E-state index contributed by atoms with van der Waals surface area (Å²) in [6, 6.07) is 5.83. The van der Waals surface area contributed by atoms with Crippen molar-refractivity contribution in [3.63, 3.8) is 0 Å². The van der Waals surface area contributed by atoms with Crippen LogP contribution in [-0.2, 0) is 13.2 Å². The van der Waals surface area contributed by atoms with Crippen LogP contribution in [0.3, 0.4) is 0 Å². The first kappa shape index (κ1) is 13.6. The van der Waals surface area contributed by atoms with Gasteiger partial charge in [0.15, 0.2) is 0 Å². The van der Waals surface area contributed by atoms with E-state index in [2.05, 4.69) is 11.9 Å². The molecule has 0 saturated carbocycles. The summed E-state index contributed by atoms with van der Waals surface area (Å²) in [5.41, 5.74) is 1.92. The number of rotatable bonds is 5. The predicted molar refractivity (Wildman–Crippen MR) is 74.0 cm³/mol. The number of aliphatic hydroxyl groups excluding tert-OH is 1. The Morgan fingerprint density at radius 1 is 1.42 bits per heavy atom. The van der Waals surface area contributed by atoms with E-state index < -0.39 is 6.10 Å². The van der Waals surface area contributed by atoms with Gasteiger partial charge in [-0.05, 0) is 32.9 Å². The molecule has 1 aromatic carbocycles. The monoisotopic (exact) mass is 260 g/mol. The number of benzene rings is 1. The number of imidazole rings is 1. The maximum absolute atomic E-state index is 9.79. The number of nitrogens with zero attached hydrogens (tertiary/aromatic N) is 2. The summed E-state index contributed by atoms with van der Waals surface area (Å²) >= 11 is 0. The molecule has 19 heavy (non-hydrogen) atoms. The van der Waals surface area contributed by atoms with Gasteiger partial charge in [-0.2, -0.15) is 0 Å². The van der Waals surface area contributed by atoms with Crippen molar-refractivity contribution in [1.29, 1.82) is 0 Å². The first-order chi connectivity index (χ1) is 9.11. The Morgan fingerprint density at radius 2 is 2.21 bits per heavy atom. The van der Waals surface area contributed by atoms with E-state index in [1.807, 2.05) is 35.9 Å². The summed E-state index contributed by atoms with van der Waals surface area (Å²) in [6.07, 6.45) is 3.16. The van der Waals surface area contributed by atoms with Crippen molar-refractivity contribution >= 4 is 0 Å². The lowest BCUT2D eigenvalue weighted by Crippen LogP contribution is -2.07. The summed E-state index contributed by atoms with van der Waals surface area (Å²) in [5.74, 6) is 1.60. The SMILES string of the molecule is CCn1ccnc1COc1ccc(C)cc1[C@@H](C)O. The van der Waals surface area contributed by atoms with E-state index in [9.17, 15) is 5.11 Å². The number of aliphatic hydroxyl groups is 1. The molecule has 0 radical (unpaired) electrons. The van der Waals surface area contributed by atoms with Crippen molar-refractivity contribution in [3.05, 3.63) is 47.5 Å². The molecule has 1 atom stereocenters. The molecule has 2 aromatic rings. The van der Waals surface area contributed by atoms with Crippen molar-refractivity contribution in [3.8, 4) is 5.75 Å². The average Bonchev–Trinajstić information content (AvgIpc) is 2.84. The van der Waals surface area contributed by atoms with Crippen LogP contribution in [0.15, 0.2) is 30.6 Å². The molecule has 0 aliphatic heterocycles. The number of hydrogen-bond acceptors (Lipinski definition) is 3. The summed E-state index contributed by atoms with van der Waals surface area (Å²) in [5, 5.41) is 9.79. The molecule has 1 N–H and O–H groups in total. The summed E-state index contributed by atoms with van der Waals surface area (Å²) in [4.78, 5) is 4.27. The second kappa shape index (κ2) is 5.89. The molecule has 4 nitrogen and oxygen atoms in total. The van der Waals surface area contributed by atoms with Crippen LogP contribution in [0.2, 0.25) is 0 Å². The number of ether oxygens (including phenoxy) is 1. The number of aromatic nitrogens is 2. The molecule has 0 spiro atoms. The average molecular weight is 260 g/mol. The van der Waals surface area contributed by atoms with E-state index in [1.165, 1.54) is 0 Å². The van der Waals surface area contributed by atoms with Gasteiger partial charge in [0.25, 0.3) is 0 Å². The largest absolute Gasteiger partial charge is 0.485 e. The molecule has 4 heteroatoms. The first-order valence-electron chi connectivity index (χ1n) is 6.53. The fourth-order valence-electron chi connectivity index (χ4n) is 2.04. The Kier molecular flexibility index (Phi) is 4.22. The molecule has 0 aliphatic carbocycles. The van der Waals surface area contributed by atoms with Crippen LogP contribution in [-0.4, -0.2) is 14.7 Å². The highest BCUT2D eigenvalue weighted by atomic mass is 16.5. The highest BCUT2D eigenvalue weighted by Gasteiger charge is 2.10. The van der Waals surface area contributed by atoms with E-state index in [0.29, 0.717) is 12.4 Å². The third-order valence-electron chi connectivity index (χ3n) is 3.11. The quantitative estimate of drug-likeness (QED) is 0.899. The Hall–Kier alpha value is -1.81. The van der Waals surface area contributed by atoms with Gasteiger partial charge in [0.05, 0.1) is 6.10 Å². The van der Waals surface area contributed by atoms with Gasteiger partial charge in [0.1, 0.15) is 18.2 Å². The van der Waals surface area contributed by atoms with Gasteiger partial charge >= 0.3 is 0 Å². The first-order valence-corrected chi connectivity index (χ1v) is 6.53. The molecule has 0 saturated heterocycles. The molecular formula is C15H20N2O2.